The Balaban J connectivity index is 1.10. The van der Waals surface area contributed by atoms with E-state index >= 15 is 0 Å². The van der Waals surface area contributed by atoms with Gasteiger partial charge < -0.3 is 48.4 Å². The molecule has 4 saturated heterocycles. The number of carbonyl (C=O) groups excluding carboxylic acids is 5. The molecule has 5 aliphatic heterocycles. The highest BCUT2D eigenvalue weighted by Gasteiger charge is 2.45. The van der Waals surface area contributed by atoms with E-state index in [4.69, 9.17) is 23.9 Å². The van der Waals surface area contributed by atoms with E-state index in [1.807, 2.05) is 26.8 Å². The summed E-state index contributed by atoms with van der Waals surface area (Å²) < 4.78 is 27.1. The van der Waals surface area contributed by atoms with Crippen molar-refractivity contribution < 1.29 is 42.9 Å². The van der Waals surface area contributed by atoms with Crippen LogP contribution in [0.3, 0.4) is 0 Å². The number of methoxy groups -OCH3 is 1. The summed E-state index contributed by atoms with van der Waals surface area (Å²) in [6, 6.07) is 7.35. The van der Waals surface area contributed by atoms with Crippen LogP contribution in [0.25, 0.3) is 22.2 Å². The lowest BCUT2D eigenvalue weighted by atomic mass is 9.84. The molecule has 392 valence electrons. The van der Waals surface area contributed by atoms with Crippen molar-refractivity contribution in [2.45, 2.75) is 136 Å². The number of likely N-dealkylation sites (N-methyl/N-ethyl adjacent to an activating group) is 1. The topological polar surface area (TPSA) is 180 Å². The van der Waals surface area contributed by atoms with Crippen molar-refractivity contribution in [1.29, 1.82) is 0 Å². The van der Waals surface area contributed by atoms with Crippen molar-refractivity contribution in [1.82, 2.24) is 40.0 Å². The molecule has 1 spiro atoms. The van der Waals surface area contributed by atoms with Crippen LogP contribution in [0.1, 0.15) is 97.9 Å². The number of nitrogens with zero attached hydrogens (tertiary/aromatic N) is 7. The number of rotatable bonds is 9. The van der Waals surface area contributed by atoms with E-state index in [0.717, 1.165) is 39.1 Å². The average Bonchev–Trinajstić information content (AvgIpc) is 3.68. The third-order valence-corrected chi connectivity index (χ3v) is 15.7. The summed E-state index contributed by atoms with van der Waals surface area (Å²) >= 11 is 0. The number of nitrogens with one attached hydrogen (secondary N) is 2. The molecule has 0 radical (unpaired) electrons. The fourth-order valence-corrected chi connectivity index (χ4v) is 11.7. The lowest BCUT2D eigenvalue weighted by molar-refractivity contribution is -0.156. The van der Waals surface area contributed by atoms with E-state index in [0.29, 0.717) is 91.1 Å². The van der Waals surface area contributed by atoms with Gasteiger partial charge in [-0.1, -0.05) is 34.3 Å². The maximum Gasteiger partial charge on any atom is 0.324 e. The number of hydrogen-bond acceptors (Lipinski definition) is 12. The molecule has 7 heterocycles. The Morgan fingerprint density at radius 3 is 2.53 bits per heavy atom. The lowest BCUT2D eigenvalue weighted by Gasteiger charge is -2.47. The molecule has 0 unspecified atom stereocenters. The van der Waals surface area contributed by atoms with Gasteiger partial charge in [0.05, 0.1) is 61.6 Å². The quantitative estimate of drug-likeness (QED) is 0.204. The second-order valence-corrected chi connectivity index (χ2v) is 21.6. The molecule has 8 rings (SSSR count). The van der Waals surface area contributed by atoms with E-state index in [9.17, 15) is 24.0 Å². The monoisotopic (exact) mass is 996 g/mol. The first-order valence-corrected chi connectivity index (χ1v) is 26.0. The largest absolute Gasteiger partial charge is 0.464 e. The number of pyridine rings is 1. The first-order chi connectivity index (χ1) is 34.4. The predicted octanol–water partition coefficient (Wildman–Crippen LogP) is 5.48. The number of urea groups is 1. The molecule has 3 aromatic rings. The number of anilines is 1. The minimum absolute atomic E-state index is 0.134. The Morgan fingerprint density at radius 2 is 1.82 bits per heavy atom. The number of amides is 5. The predicted molar refractivity (Wildman–Crippen MR) is 274 cm³/mol. The molecule has 0 aliphatic carbocycles. The van der Waals surface area contributed by atoms with Crippen molar-refractivity contribution in [2.75, 3.05) is 78.1 Å². The number of hydrogen-bond donors (Lipinski definition) is 2. The second-order valence-electron chi connectivity index (χ2n) is 21.6. The number of piperidine rings is 1. The summed E-state index contributed by atoms with van der Waals surface area (Å²) in [5.74, 6) is -1.78. The molecule has 6 atom stereocenters. The van der Waals surface area contributed by atoms with Crippen molar-refractivity contribution >= 4 is 46.3 Å². The number of aromatic nitrogens is 2. The van der Waals surface area contributed by atoms with E-state index in [2.05, 4.69) is 78.7 Å². The number of benzene rings is 1. The first kappa shape index (κ1) is 52.8. The standard InChI is InChI=1S/C54H77N9O9/c1-11-45(64)60-25-28-72-54(32-60)19-23-59(24-20-54)52(68)58(9)47(34(3)4)49(65)56-42-30-44-35(5)62(26-27-70-44)37-17-18-43-39(29-37)40(48(61(43)12-2)38-15-13-21-55-46(38)36(6)69-10)31-53(7,8)33-71-51(67)41-16-14-22-63(57-41)50(42)66/h11,13,15,17-18,21,29,34-36,41-42,44,47,57H,1,12,14,16,19-20,22-28,30-33H2,2-10H3,(H,56,65)/t35-,36+,41+,42+,44+,47+/m1/s1. The van der Waals surface area contributed by atoms with Crippen LogP contribution >= 0.6 is 0 Å². The van der Waals surface area contributed by atoms with Gasteiger partial charge >= 0.3 is 12.0 Å². The maximum atomic E-state index is 14.9. The molecule has 18 nitrogen and oxygen atoms in total. The number of ether oxygens (including phenoxy) is 4. The molecule has 18 heteroatoms. The number of hydrazine groups is 1. The van der Waals surface area contributed by atoms with Gasteiger partial charge in [0.25, 0.3) is 5.91 Å². The number of morpholine rings is 2. The van der Waals surface area contributed by atoms with Crippen molar-refractivity contribution in [3.63, 3.8) is 0 Å². The Labute approximate surface area is 424 Å². The zero-order valence-electron chi connectivity index (χ0n) is 43.9. The third-order valence-electron chi connectivity index (χ3n) is 15.7. The zero-order valence-corrected chi connectivity index (χ0v) is 43.9. The van der Waals surface area contributed by atoms with Crippen LogP contribution in [0.15, 0.2) is 49.2 Å². The van der Waals surface area contributed by atoms with E-state index in [1.54, 1.807) is 30.2 Å². The minimum atomic E-state index is -1.08. The van der Waals surface area contributed by atoms with Crippen LogP contribution in [-0.4, -0.2) is 168 Å². The van der Waals surface area contributed by atoms with Gasteiger partial charge in [-0.15, -0.1) is 0 Å². The summed E-state index contributed by atoms with van der Waals surface area (Å²) in [6.07, 6.45) is 5.17. The van der Waals surface area contributed by atoms with Crippen molar-refractivity contribution in [3.05, 3.63) is 60.4 Å². The van der Waals surface area contributed by atoms with Crippen LogP contribution in [-0.2, 0) is 51.1 Å². The van der Waals surface area contributed by atoms with E-state index in [-0.39, 0.29) is 43.0 Å². The van der Waals surface area contributed by atoms with Gasteiger partial charge in [0.15, 0.2) is 0 Å². The van der Waals surface area contributed by atoms with E-state index in [1.165, 1.54) is 16.0 Å². The number of cyclic esters (lactones) is 1. The fourth-order valence-electron chi connectivity index (χ4n) is 11.7. The molecule has 0 saturated carbocycles. The minimum Gasteiger partial charge on any atom is -0.464 e. The second kappa shape index (κ2) is 21.9. The van der Waals surface area contributed by atoms with Crippen molar-refractivity contribution in [3.8, 4) is 11.3 Å². The maximum absolute atomic E-state index is 14.9. The summed E-state index contributed by atoms with van der Waals surface area (Å²) in [6.45, 7) is 22.2. The highest BCUT2D eigenvalue weighted by atomic mass is 16.5. The molecule has 2 aromatic heterocycles. The Morgan fingerprint density at radius 1 is 1.06 bits per heavy atom. The molecule has 72 heavy (non-hydrogen) atoms. The summed E-state index contributed by atoms with van der Waals surface area (Å²) in [7, 11) is 3.33. The van der Waals surface area contributed by atoms with Gasteiger partial charge in [0, 0.05) is 93.6 Å². The molecule has 5 aliphatic rings. The number of carbonyl (C=O) groups is 5. The number of fused-ring (bicyclic) bond motifs is 6. The Bertz CT molecular complexity index is 2500. The Hall–Kier alpha value is -5.56. The van der Waals surface area contributed by atoms with Gasteiger partial charge in [0.2, 0.25) is 11.8 Å². The summed E-state index contributed by atoms with van der Waals surface area (Å²) in [5.41, 5.74) is 8.20. The lowest BCUT2D eigenvalue weighted by Crippen LogP contribution is -2.64. The smallest absolute Gasteiger partial charge is 0.324 e. The number of likely N-dealkylation sites (tertiary alicyclic amines) is 1. The van der Waals surface area contributed by atoms with Crippen LogP contribution in [0.2, 0.25) is 0 Å². The molecular formula is C54H77N9O9. The molecule has 2 N–H and O–H groups in total. The molecule has 5 amide bonds. The third kappa shape index (κ3) is 10.7. The van der Waals surface area contributed by atoms with E-state index < -0.39 is 53.0 Å². The number of aryl methyl sites for hydroxylation is 1. The van der Waals surface area contributed by atoms with Gasteiger partial charge in [-0.2, -0.15) is 0 Å². The normalized spacial score (nSPS) is 24.6. The highest BCUT2D eigenvalue weighted by molar-refractivity contribution is 5.95. The SMILES string of the molecule is C=CC(=O)N1CCOC2(CCN(C(=O)N(C)[C@H](C(=O)N[C@H]3C[C@@H]4OCCN(c5ccc6c(c5)c(c(-c5cccnc5[C@H](C)OC)n6CC)CC(C)(C)COC(=O)[C@@H]5CCCN(N5)C3=O)[C@@H]4C)C(C)C)CC2)C1. The van der Waals surface area contributed by atoms with Crippen LogP contribution in [0.4, 0.5) is 10.5 Å². The van der Waals surface area contributed by atoms with Gasteiger partial charge in [-0.3, -0.25) is 29.2 Å². The van der Waals surface area contributed by atoms with Crippen LogP contribution < -0.4 is 15.6 Å². The average molecular weight is 996 g/mol. The zero-order chi connectivity index (χ0) is 51.6. The van der Waals surface area contributed by atoms with Crippen molar-refractivity contribution in [2.24, 2.45) is 11.3 Å². The van der Waals surface area contributed by atoms with Crippen LogP contribution in [0.5, 0.6) is 0 Å². The molecular weight excluding hydrogens is 919 g/mol. The van der Waals surface area contributed by atoms with Gasteiger partial charge in [0.1, 0.15) is 18.1 Å². The highest BCUT2D eigenvalue weighted by Crippen LogP contribution is 2.42. The Kier molecular flexibility index (Phi) is 16.0. The number of esters is 1. The van der Waals surface area contributed by atoms with Crippen LogP contribution in [0, 0.1) is 11.3 Å². The fraction of sp³-hybridized carbons (Fsp3) is 0.630. The first-order valence-electron chi connectivity index (χ1n) is 26.0. The summed E-state index contributed by atoms with van der Waals surface area (Å²) in [5, 5.41) is 5.65. The van der Waals surface area contributed by atoms with Gasteiger partial charge in [-0.25, -0.2) is 10.2 Å². The molecule has 6 bridgehead atoms. The summed E-state index contributed by atoms with van der Waals surface area (Å²) in [4.78, 5) is 82.6. The molecule has 1 aromatic carbocycles. The van der Waals surface area contributed by atoms with Gasteiger partial charge in [-0.05, 0) is 101 Å². The molecule has 4 fully saturated rings.